The molecule has 1 aliphatic rings. The molecule has 0 aromatic heterocycles. The van der Waals surface area contributed by atoms with E-state index < -0.39 is 0 Å². The number of hydrogen-bond donors (Lipinski definition) is 1. The van der Waals surface area contributed by atoms with Gasteiger partial charge < -0.3 is 5.11 Å². The molecule has 0 amide bonds. The van der Waals surface area contributed by atoms with Gasteiger partial charge in [-0.05, 0) is 49.4 Å². The van der Waals surface area contributed by atoms with Crippen molar-refractivity contribution in [2.45, 2.75) is 59.5 Å². The molecule has 0 bridgehead atoms. The molecule has 1 aliphatic carbocycles. The predicted octanol–water partition coefficient (Wildman–Crippen LogP) is 3.47. The lowest BCUT2D eigenvalue weighted by Gasteiger charge is -2.35. The van der Waals surface area contributed by atoms with Crippen LogP contribution in [0, 0.1) is 23.7 Å². The van der Waals surface area contributed by atoms with Crippen molar-refractivity contribution in [1.29, 1.82) is 0 Å². The standard InChI is InChI=1S/C13H26O/c1-9(2)5-11-6-12(10(3)4)8-13(14)7-11/h9-14H,5-8H2,1-4H3/t11-,12-,13-/m1/s1. The van der Waals surface area contributed by atoms with Crippen LogP contribution in [-0.4, -0.2) is 11.2 Å². The van der Waals surface area contributed by atoms with Gasteiger partial charge in [0.15, 0.2) is 0 Å². The van der Waals surface area contributed by atoms with Crippen molar-refractivity contribution in [2.75, 3.05) is 0 Å². The summed E-state index contributed by atoms with van der Waals surface area (Å²) in [5.74, 6) is 3.03. The van der Waals surface area contributed by atoms with Crippen LogP contribution in [0.1, 0.15) is 53.4 Å². The van der Waals surface area contributed by atoms with E-state index in [-0.39, 0.29) is 6.10 Å². The van der Waals surface area contributed by atoms with Gasteiger partial charge in [-0.2, -0.15) is 0 Å². The molecule has 0 unspecified atom stereocenters. The van der Waals surface area contributed by atoms with E-state index in [1.807, 2.05) is 0 Å². The molecule has 3 atom stereocenters. The molecule has 1 heteroatoms. The average molecular weight is 198 g/mol. The van der Waals surface area contributed by atoms with Gasteiger partial charge in [0.1, 0.15) is 0 Å². The Labute approximate surface area is 88.9 Å². The van der Waals surface area contributed by atoms with Crippen LogP contribution in [0.15, 0.2) is 0 Å². The largest absolute Gasteiger partial charge is 0.393 e. The van der Waals surface area contributed by atoms with E-state index in [4.69, 9.17) is 0 Å². The number of aliphatic hydroxyl groups excluding tert-OH is 1. The lowest BCUT2D eigenvalue weighted by atomic mass is 9.72. The lowest BCUT2D eigenvalue weighted by molar-refractivity contribution is 0.0484. The van der Waals surface area contributed by atoms with Crippen LogP contribution < -0.4 is 0 Å². The lowest BCUT2D eigenvalue weighted by Crippen LogP contribution is -2.29. The zero-order chi connectivity index (χ0) is 10.7. The highest BCUT2D eigenvalue weighted by molar-refractivity contribution is 4.80. The van der Waals surface area contributed by atoms with Crippen molar-refractivity contribution in [3.8, 4) is 0 Å². The molecule has 1 N–H and O–H groups in total. The summed E-state index contributed by atoms with van der Waals surface area (Å²) in [6, 6.07) is 0. The normalized spacial score (nSPS) is 34.1. The number of rotatable bonds is 3. The Bertz CT molecular complexity index is 161. The molecule has 14 heavy (non-hydrogen) atoms. The van der Waals surface area contributed by atoms with Crippen LogP contribution in [0.2, 0.25) is 0 Å². The monoisotopic (exact) mass is 198 g/mol. The molecule has 1 rings (SSSR count). The van der Waals surface area contributed by atoms with Crippen LogP contribution in [0.25, 0.3) is 0 Å². The second kappa shape index (κ2) is 5.16. The van der Waals surface area contributed by atoms with Crippen LogP contribution in [0.4, 0.5) is 0 Å². The molecule has 1 nitrogen and oxygen atoms in total. The van der Waals surface area contributed by atoms with Crippen molar-refractivity contribution in [1.82, 2.24) is 0 Å². The Morgan fingerprint density at radius 3 is 2.21 bits per heavy atom. The van der Waals surface area contributed by atoms with Crippen LogP contribution in [0.5, 0.6) is 0 Å². The maximum Gasteiger partial charge on any atom is 0.0545 e. The van der Waals surface area contributed by atoms with Gasteiger partial charge in [0, 0.05) is 0 Å². The summed E-state index contributed by atoms with van der Waals surface area (Å²) in [5.41, 5.74) is 0. The Morgan fingerprint density at radius 1 is 1.07 bits per heavy atom. The molecule has 0 heterocycles. The summed E-state index contributed by atoms with van der Waals surface area (Å²) >= 11 is 0. The van der Waals surface area contributed by atoms with Crippen molar-refractivity contribution in [3.05, 3.63) is 0 Å². The highest BCUT2D eigenvalue weighted by atomic mass is 16.3. The van der Waals surface area contributed by atoms with Gasteiger partial charge in [-0.15, -0.1) is 0 Å². The minimum atomic E-state index is -0.0279. The summed E-state index contributed by atoms with van der Waals surface area (Å²) in [7, 11) is 0. The molecule has 0 spiro atoms. The van der Waals surface area contributed by atoms with Crippen LogP contribution >= 0.6 is 0 Å². The molecule has 0 aromatic carbocycles. The summed E-state index contributed by atoms with van der Waals surface area (Å²) in [6.45, 7) is 9.14. The van der Waals surface area contributed by atoms with Crippen molar-refractivity contribution in [3.63, 3.8) is 0 Å². The van der Waals surface area contributed by atoms with Gasteiger partial charge >= 0.3 is 0 Å². The first-order valence-electron chi connectivity index (χ1n) is 6.17. The highest BCUT2D eigenvalue weighted by Crippen LogP contribution is 2.36. The van der Waals surface area contributed by atoms with Gasteiger partial charge in [0.05, 0.1) is 6.10 Å². The molecule has 1 saturated carbocycles. The van der Waals surface area contributed by atoms with Gasteiger partial charge in [-0.3, -0.25) is 0 Å². The van der Waals surface area contributed by atoms with Crippen LogP contribution in [0.3, 0.4) is 0 Å². The number of aliphatic hydroxyl groups is 1. The van der Waals surface area contributed by atoms with E-state index in [0.717, 1.165) is 36.5 Å². The van der Waals surface area contributed by atoms with E-state index >= 15 is 0 Å². The summed E-state index contributed by atoms with van der Waals surface area (Å²) in [5, 5.41) is 9.81. The Balaban J connectivity index is 2.45. The molecule has 0 radical (unpaired) electrons. The smallest absolute Gasteiger partial charge is 0.0545 e. The molecular formula is C13H26O. The fraction of sp³-hybridized carbons (Fsp3) is 1.00. The fourth-order valence-corrected chi connectivity index (χ4v) is 2.85. The van der Waals surface area contributed by atoms with Gasteiger partial charge in [-0.1, -0.05) is 27.7 Å². The minimum absolute atomic E-state index is 0.0279. The zero-order valence-electron chi connectivity index (χ0n) is 10.2. The predicted molar refractivity (Wildman–Crippen MR) is 61.1 cm³/mol. The molecule has 84 valence electrons. The summed E-state index contributed by atoms with van der Waals surface area (Å²) in [6.07, 6.45) is 4.68. The first-order chi connectivity index (χ1) is 6.49. The van der Waals surface area contributed by atoms with Crippen molar-refractivity contribution >= 4 is 0 Å². The first kappa shape index (κ1) is 12.0. The maximum absolute atomic E-state index is 9.81. The van der Waals surface area contributed by atoms with E-state index in [9.17, 15) is 5.11 Å². The van der Waals surface area contributed by atoms with Crippen molar-refractivity contribution < 1.29 is 5.11 Å². The van der Waals surface area contributed by atoms with E-state index in [0.29, 0.717) is 0 Å². The minimum Gasteiger partial charge on any atom is -0.393 e. The van der Waals surface area contributed by atoms with Gasteiger partial charge in [-0.25, -0.2) is 0 Å². The molecule has 0 aromatic rings. The second-order valence-electron chi connectivity index (χ2n) is 5.86. The highest BCUT2D eigenvalue weighted by Gasteiger charge is 2.29. The topological polar surface area (TPSA) is 20.2 Å². The van der Waals surface area contributed by atoms with E-state index in [2.05, 4.69) is 27.7 Å². The van der Waals surface area contributed by atoms with E-state index in [1.165, 1.54) is 12.8 Å². The summed E-state index contributed by atoms with van der Waals surface area (Å²) < 4.78 is 0. The van der Waals surface area contributed by atoms with E-state index in [1.54, 1.807) is 0 Å². The first-order valence-corrected chi connectivity index (χ1v) is 6.17. The molecule has 0 aliphatic heterocycles. The number of hydrogen-bond acceptors (Lipinski definition) is 1. The zero-order valence-corrected chi connectivity index (χ0v) is 10.2. The quantitative estimate of drug-likeness (QED) is 0.736. The van der Waals surface area contributed by atoms with Gasteiger partial charge in [0.25, 0.3) is 0 Å². The fourth-order valence-electron chi connectivity index (χ4n) is 2.85. The third-order valence-corrected chi connectivity index (χ3v) is 3.56. The Kier molecular flexibility index (Phi) is 4.43. The van der Waals surface area contributed by atoms with Crippen molar-refractivity contribution in [2.24, 2.45) is 23.7 Å². The molecular weight excluding hydrogens is 172 g/mol. The third-order valence-electron chi connectivity index (χ3n) is 3.56. The van der Waals surface area contributed by atoms with Crippen LogP contribution in [-0.2, 0) is 0 Å². The average Bonchev–Trinajstić information content (AvgIpc) is 2.01. The Morgan fingerprint density at radius 2 is 1.71 bits per heavy atom. The second-order valence-corrected chi connectivity index (χ2v) is 5.86. The molecule has 1 fully saturated rings. The van der Waals surface area contributed by atoms with Gasteiger partial charge in [0.2, 0.25) is 0 Å². The SMILES string of the molecule is CC(C)C[C@H]1C[C@@H](O)C[C@H](C(C)C)C1. The summed E-state index contributed by atoms with van der Waals surface area (Å²) in [4.78, 5) is 0. The Hall–Kier alpha value is -0.0400. The maximum atomic E-state index is 9.81. The molecule has 0 saturated heterocycles. The third kappa shape index (κ3) is 3.61.